The van der Waals surface area contributed by atoms with Gasteiger partial charge in [-0.05, 0) is 37.5 Å². The first kappa shape index (κ1) is 85.1. The first-order valence-electron chi connectivity index (χ1n) is 35.5. The summed E-state index contributed by atoms with van der Waals surface area (Å²) in [6, 6.07) is 0. The Hall–Kier alpha value is -1.94. The van der Waals surface area contributed by atoms with Gasteiger partial charge in [0, 0.05) is 25.7 Å². The summed E-state index contributed by atoms with van der Waals surface area (Å²) in [6.45, 7) is 9.37. The van der Waals surface area contributed by atoms with E-state index in [1.54, 1.807) is 0 Å². The van der Waals surface area contributed by atoms with Gasteiger partial charge in [0.05, 0.1) is 26.4 Å². The topological polar surface area (TPSA) is 237 Å². The summed E-state index contributed by atoms with van der Waals surface area (Å²) in [6.07, 6.45) is 45.1. The summed E-state index contributed by atoms with van der Waals surface area (Å²) in [7, 11) is -9.89. The molecule has 0 bridgehead atoms. The Morgan fingerprint density at radius 1 is 0.333 bits per heavy atom. The van der Waals surface area contributed by atoms with Crippen LogP contribution < -0.4 is 0 Å². The van der Waals surface area contributed by atoms with Crippen LogP contribution in [-0.2, 0) is 65.4 Å². The maximum atomic E-state index is 13.0. The quantitative estimate of drug-likeness (QED) is 0.0222. The van der Waals surface area contributed by atoms with Crippen LogP contribution in [-0.4, -0.2) is 96.7 Å². The molecule has 19 heteroatoms. The highest BCUT2D eigenvalue weighted by Crippen LogP contribution is 2.45. The lowest BCUT2D eigenvalue weighted by Gasteiger charge is -2.21. The van der Waals surface area contributed by atoms with Crippen LogP contribution in [0.3, 0.4) is 0 Å². The van der Waals surface area contributed by atoms with Crippen LogP contribution in [0.25, 0.3) is 0 Å². The standard InChI is InChI=1S/C68H132O17P2/c1-7-10-12-14-15-16-17-18-19-20-21-22-23-24-25-26-29-33-40-46-52-67(72)84-64(57-79-66(71)51-45-39-32-30-27-28-31-37-42-48-60(4)5)59-83-87(76,77)81-55-62(69)54-80-86(74,75)82-58-63(56-78-65(70)50-44-36-13-11-8-2)85-68(73)53-47-41-35-34-38-43-49-61(6)9-3/h60-64,69H,7-59H2,1-6H3,(H,74,75)(H,76,77)/t61?,62-,63+,64+/m0/s1. The van der Waals surface area contributed by atoms with Crippen LogP contribution in [0, 0.1) is 11.8 Å². The molecule has 0 radical (unpaired) electrons. The van der Waals surface area contributed by atoms with E-state index >= 15 is 0 Å². The van der Waals surface area contributed by atoms with Crippen LogP contribution in [0.2, 0.25) is 0 Å². The van der Waals surface area contributed by atoms with Crippen molar-refractivity contribution >= 4 is 39.5 Å². The molecule has 0 aliphatic heterocycles. The minimum Gasteiger partial charge on any atom is -0.462 e. The van der Waals surface area contributed by atoms with Gasteiger partial charge in [-0.1, -0.05) is 292 Å². The first-order valence-corrected chi connectivity index (χ1v) is 38.5. The number of aliphatic hydroxyl groups is 1. The van der Waals surface area contributed by atoms with Gasteiger partial charge in [0.25, 0.3) is 0 Å². The van der Waals surface area contributed by atoms with Crippen LogP contribution in [0.1, 0.15) is 343 Å². The number of carbonyl (C=O) groups is 4. The number of hydrogen-bond donors (Lipinski definition) is 3. The largest absolute Gasteiger partial charge is 0.472 e. The monoisotopic (exact) mass is 1280 g/mol. The Kier molecular flexibility index (Phi) is 59.0. The molecule has 3 unspecified atom stereocenters. The van der Waals surface area contributed by atoms with Gasteiger partial charge in [0.2, 0.25) is 0 Å². The predicted molar refractivity (Wildman–Crippen MR) is 349 cm³/mol. The van der Waals surface area contributed by atoms with Gasteiger partial charge >= 0.3 is 39.5 Å². The average molecular weight is 1280 g/mol. The van der Waals surface area contributed by atoms with E-state index < -0.39 is 97.5 Å². The van der Waals surface area contributed by atoms with E-state index in [1.807, 2.05) is 0 Å². The summed E-state index contributed by atoms with van der Waals surface area (Å²) in [5.74, 6) is -0.678. The summed E-state index contributed by atoms with van der Waals surface area (Å²) in [5, 5.41) is 10.5. The van der Waals surface area contributed by atoms with Crippen molar-refractivity contribution in [1.82, 2.24) is 0 Å². The fourth-order valence-electron chi connectivity index (χ4n) is 10.2. The summed E-state index contributed by atoms with van der Waals surface area (Å²) in [4.78, 5) is 72.1. The molecule has 0 aromatic carbocycles. The van der Waals surface area contributed by atoms with Gasteiger partial charge in [-0.25, -0.2) is 9.13 Å². The van der Waals surface area contributed by atoms with Gasteiger partial charge in [-0.15, -0.1) is 0 Å². The third kappa shape index (κ3) is 61.3. The number of phosphoric ester groups is 2. The van der Waals surface area contributed by atoms with E-state index in [0.717, 1.165) is 108 Å². The molecule has 0 amide bonds. The molecule has 0 saturated carbocycles. The minimum atomic E-state index is -4.95. The molecule has 3 N–H and O–H groups in total. The summed E-state index contributed by atoms with van der Waals surface area (Å²) >= 11 is 0. The number of carbonyl (C=O) groups excluding carboxylic acids is 4. The number of ether oxygens (including phenoxy) is 4. The first-order chi connectivity index (χ1) is 41.9. The maximum Gasteiger partial charge on any atom is 0.472 e. The molecule has 0 aliphatic rings. The Labute approximate surface area is 530 Å². The summed E-state index contributed by atoms with van der Waals surface area (Å²) < 4.78 is 67.9. The Morgan fingerprint density at radius 3 is 0.874 bits per heavy atom. The molecule has 0 rings (SSSR count). The molecule has 6 atom stereocenters. The molecule has 0 aromatic rings. The highest BCUT2D eigenvalue weighted by atomic mass is 31.2. The Bertz CT molecular complexity index is 1700. The molecule has 0 saturated heterocycles. The molecule has 87 heavy (non-hydrogen) atoms. The molecular weight excluding hydrogens is 1150 g/mol. The smallest absolute Gasteiger partial charge is 0.462 e. The fraction of sp³-hybridized carbons (Fsp3) is 0.941. The van der Waals surface area contributed by atoms with Crippen molar-refractivity contribution < 1.29 is 80.2 Å². The second-order valence-electron chi connectivity index (χ2n) is 25.3. The van der Waals surface area contributed by atoms with Crippen LogP contribution >= 0.6 is 15.6 Å². The van der Waals surface area contributed by atoms with Crippen molar-refractivity contribution in [3.63, 3.8) is 0 Å². The number of aliphatic hydroxyl groups excluding tert-OH is 1. The van der Waals surface area contributed by atoms with E-state index in [9.17, 15) is 43.2 Å². The Balaban J connectivity index is 5.12. The van der Waals surface area contributed by atoms with E-state index in [0.29, 0.717) is 25.7 Å². The molecule has 0 heterocycles. The highest BCUT2D eigenvalue weighted by molar-refractivity contribution is 7.47. The van der Waals surface area contributed by atoms with Crippen molar-refractivity contribution in [1.29, 1.82) is 0 Å². The predicted octanol–water partition coefficient (Wildman–Crippen LogP) is 19.2. The average Bonchev–Trinajstić information content (AvgIpc) is 3.55. The van der Waals surface area contributed by atoms with E-state index in [1.165, 1.54) is 154 Å². The zero-order valence-corrected chi connectivity index (χ0v) is 58.1. The lowest BCUT2D eigenvalue weighted by molar-refractivity contribution is -0.161. The van der Waals surface area contributed by atoms with Crippen molar-refractivity contribution in [3.8, 4) is 0 Å². The second-order valence-corrected chi connectivity index (χ2v) is 28.2. The molecule has 0 fully saturated rings. The van der Waals surface area contributed by atoms with Crippen molar-refractivity contribution in [3.05, 3.63) is 0 Å². The van der Waals surface area contributed by atoms with Crippen LogP contribution in [0.4, 0.5) is 0 Å². The third-order valence-corrected chi connectivity index (χ3v) is 18.0. The van der Waals surface area contributed by atoms with Crippen LogP contribution in [0.5, 0.6) is 0 Å². The number of rotatable bonds is 67. The molecule has 0 aromatic heterocycles. The maximum absolute atomic E-state index is 13.0. The zero-order valence-electron chi connectivity index (χ0n) is 56.3. The van der Waals surface area contributed by atoms with Gasteiger partial charge < -0.3 is 33.8 Å². The van der Waals surface area contributed by atoms with Crippen molar-refractivity contribution in [2.24, 2.45) is 11.8 Å². The SMILES string of the molecule is CCCCCCCCCCCCCCCCCCCCCCC(=O)O[C@H](COC(=O)CCCCCCCCCCCC(C)C)COP(=O)(O)OC[C@@H](O)COP(=O)(O)OC[C@@H](COC(=O)CCCCCCC)OC(=O)CCCCCCCCC(C)CC. The van der Waals surface area contributed by atoms with Crippen molar-refractivity contribution in [2.45, 2.75) is 362 Å². The fourth-order valence-corrected chi connectivity index (χ4v) is 11.8. The van der Waals surface area contributed by atoms with Crippen LogP contribution in [0.15, 0.2) is 0 Å². The van der Waals surface area contributed by atoms with E-state index in [-0.39, 0.29) is 25.7 Å². The highest BCUT2D eigenvalue weighted by Gasteiger charge is 2.30. The van der Waals surface area contributed by atoms with Gasteiger partial charge in [0.15, 0.2) is 12.2 Å². The zero-order chi connectivity index (χ0) is 64.3. The van der Waals surface area contributed by atoms with E-state index in [4.69, 9.17) is 37.0 Å². The number of hydrogen-bond acceptors (Lipinski definition) is 15. The lowest BCUT2D eigenvalue weighted by atomic mass is 10.00. The Morgan fingerprint density at radius 2 is 0.586 bits per heavy atom. The van der Waals surface area contributed by atoms with Gasteiger partial charge in [-0.2, -0.15) is 0 Å². The lowest BCUT2D eigenvalue weighted by Crippen LogP contribution is -2.30. The molecule has 17 nitrogen and oxygen atoms in total. The van der Waals surface area contributed by atoms with Crippen molar-refractivity contribution in [2.75, 3.05) is 39.6 Å². The number of esters is 4. The van der Waals surface area contributed by atoms with Gasteiger partial charge in [-0.3, -0.25) is 37.3 Å². The normalized spacial score (nSPS) is 14.5. The summed E-state index contributed by atoms with van der Waals surface area (Å²) in [5.41, 5.74) is 0. The second kappa shape index (κ2) is 60.3. The third-order valence-electron chi connectivity index (χ3n) is 16.1. The van der Waals surface area contributed by atoms with E-state index in [2.05, 4.69) is 41.5 Å². The molecular formula is C68H132O17P2. The molecule has 516 valence electrons. The molecule has 0 aliphatic carbocycles. The van der Waals surface area contributed by atoms with Gasteiger partial charge in [0.1, 0.15) is 19.3 Å². The molecule has 0 spiro atoms. The number of unbranched alkanes of at least 4 members (excludes halogenated alkanes) is 36. The number of phosphoric acid groups is 2. The minimum absolute atomic E-state index is 0.102.